The van der Waals surface area contributed by atoms with Crippen molar-refractivity contribution in [3.05, 3.63) is 42.1 Å². The summed E-state index contributed by atoms with van der Waals surface area (Å²) >= 11 is 0. The number of aryl methyl sites for hydroxylation is 1. The van der Waals surface area contributed by atoms with Crippen LogP contribution < -0.4 is 5.32 Å². The summed E-state index contributed by atoms with van der Waals surface area (Å²) in [6.07, 6.45) is 5.60. The lowest BCUT2D eigenvalue weighted by atomic mass is 10.1. The number of aromatic nitrogens is 2. The van der Waals surface area contributed by atoms with E-state index in [1.54, 1.807) is 6.26 Å². The molecule has 0 saturated carbocycles. The Kier molecular flexibility index (Phi) is 3.10. The number of hydrogen-bond donors (Lipinski definition) is 1. The highest BCUT2D eigenvalue weighted by molar-refractivity contribution is 5.11. The number of nitrogens with one attached hydrogen (secondary N) is 1. The summed E-state index contributed by atoms with van der Waals surface area (Å²) in [5.41, 5.74) is 1.18. The summed E-state index contributed by atoms with van der Waals surface area (Å²) in [6, 6.07) is 4.34. The van der Waals surface area contributed by atoms with E-state index in [0.29, 0.717) is 0 Å². The van der Waals surface area contributed by atoms with Gasteiger partial charge < -0.3 is 9.73 Å². The van der Waals surface area contributed by atoms with Gasteiger partial charge in [-0.25, -0.2) is 0 Å². The first-order chi connectivity index (χ1) is 7.66. The fourth-order valence-corrected chi connectivity index (χ4v) is 1.75. The van der Waals surface area contributed by atoms with Crippen molar-refractivity contribution in [3.63, 3.8) is 0 Å². The number of furan rings is 1. The maximum Gasteiger partial charge on any atom is 0.120 e. The van der Waals surface area contributed by atoms with Crippen molar-refractivity contribution in [2.75, 3.05) is 0 Å². The number of hydrogen-bond acceptors (Lipinski definition) is 3. The van der Waals surface area contributed by atoms with Crippen molar-refractivity contribution < 1.29 is 4.42 Å². The molecule has 0 aliphatic rings. The van der Waals surface area contributed by atoms with E-state index in [-0.39, 0.29) is 12.1 Å². The molecule has 2 atom stereocenters. The van der Waals surface area contributed by atoms with Crippen LogP contribution >= 0.6 is 0 Å². The maximum absolute atomic E-state index is 5.35. The normalized spacial score (nSPS) is 14.9. The lowest BCUT2D eigenvalue weighted by Crippen LogP contribution is -2.21. The van der Waals surface area contributed by atoms with Gasteiger partial charge in [-0.05, 0) is 26.0 Å². The van der Waals surface area contributed by atoms with Crippen LogP contribution in [0.4, 0.5) is 0 Å². The van der Waals surface area contributed by atoms with Crippen molar-refractivity contribution in [2.45, 2.75) is 25.9 Å². The standard InChI is InChI=1S/C12H17N3O/c1-9(11-7-13-15(3)8-11)14-10(2)12-5-4-6-16-12/h4-10,14H,1-3H3/t9?,10-/m0/s1. The van der Waals surface area contributed by atoms with E-state index in [4.69, 9.17) is 4.42 Å². The highest BCUT2D eigenvalue weighted by Gasteiger charge is 2.13. The van der Waals surface area contributed by atoms with Crippen LogP contribution in [0, 0.1) is 0 Å². The molecule has 0 aliphatic heterocycles. The molecule has 0 saturated heterocycles. The van der Waals surface area contributed by atoms with Crippen LogP contribution in [-0.2, 0) is 7.05 Å². The molecular weight excluding hydrogens is 202 g/mol. The first-order valence-electron chi connectivity index (χ1n) is 5.45. The first kappa shape index (κ1) is 11.0. The van der Waals surface area contributed by atoms with Gasteiger partial charge in [-0.3, -0.25) is 4.68 Å². The zero-order valence-corrected chi connectivity index (χ0v) is 9.84. The molecule has 0 radical (unpaired) electrons. The average molecular weight is 219 g/mol. The lowest BCUT2D eigenvalue weighted by molar-refractivity contribution is 0.403. The summed E-state index contributed by atoms with van der Waals surface area (Å²) in [4.78, 5) is 0. The Morgan fingerprint density at radius 2 is 2.19 bits per heavy atom. The largest absolute Gasteiger partial charge is 0.468 e. The van der Waals surface area contributed by atoms with Gasteiger partial charge in [-0.1, -0.05) is 0 Å². The van der Waals surface area contributed by atoms with E-state index in [0.717, 1.165) is 5.76 Å². The molecule has 86 valence electrons. The Morgan fingerprint density at radius 3 is 2.75 bits per heavy atom. The monoisotopic (exact) mass is 219 g/mol. The molecule has 2 heterocycles. The van der Waals surface area contributed by atoms with Gasteiger partial charge in [0.25, 0.3) is 0 Å². The smallest absolute Gasteiger partial charge is 0.120 e. The van der Waals surface area contributed by atoms with E-state index in [9.17, 15) is 0 Å². The Morgan fingerprint density at radius 1 is 1.38 bits per heavy atom. The Labute approximate surface area is 95.3 Å². The van der Waals surface area contributed by atoms with Crippen LogP contribution in [0.25, 0.3) is 0 Å². The lowest BCUT2D eigenvalue weighted by Gasteiger charge is -2.17. The third kappa shape index (κ3) is 2.33. The summed E-state index contributed by atoms with van der Waals surface area (Å²) in [7, 11) is 1.92. The minimum atomic E-state index is 0.199. The van der Waals surface area contributed by atoms with Gasteiger partial charge in [0.2, 0.25) is 0 Å². The first-order valence-corrected chi connectivity index (χ1v) is 5.45. The van der Waals surface area contributed by atoms with E-state index >= 15 is 0 Å². The predicted molar refractivity (Wildman–Crippen MR) is 61.9 cm³/mol. The topological polar surface area (TPSA) is 43.0 Å². The van der Waals surface area contributed by atoms with Gasteiger partial charge in [-0.15, -0.1) is 0 Å². The second-order valence-corrected chi connectivity index (χ2v) is 4.07. The zero-order chi connectivity index (χ0) is 11.5. The number of rotatable bonds is 4. The minimum absolute atomic E-state index is 0.199. The molecule has 4 heteroatoms. The summed E-state index contributed by atoms with van der Waals surface area (Å²) in [6.45, 7) is 4.21. The Balaban J connectivity index is 2.00. The Bertz CT molecular complexity index is 433. The van der Waals surface area contributed by atoms with Crippen molar-refractivity contribution in [1.82, 2.24) is 15.1 Å². The maximum atomic E-state index is 5.35. The molecule has 2 aromatic heterocycles. The molecular formula is C12H17N3O. The van der Waals surface area contributed by atoms with Gasteiger partial charge in [0.1, 0.15) is 5.76 Å². The highest BCUT2D eigenvalue weighted by Crippen LogP contribution is 2.18. The molecule has 0 aromatic carbocycles. The van der Waals surface area contributed by atoms with E-state index in [1.165, 1.54) is 5.56 Å². The average Bonchev–Trinajstić information content (AvgIpc) is 2.87. The molecule has 0 amide bonds. The molecule has 4 nitrogen and oxygen atoms in total. The van der Waals surface area contributed by atoms with Crippen LogP contribution in [0.2, 0.25) is 0 Å². The summed E-state index contributed by atoms with van der Waals surface area (Å²) in [5.74, 6) is 0.954. The predicted octanol–water partition coefficient (Wildman–Crippen LogP) is 2.42. The number of nitrogens with zero attached hydrogens (tertiary/aromatic N) is 2. The van der Waals surface area contributed by atoms with Crippen molar-refractivity contribution >= 4 is 0 Å². The zero-order valence-electron chi connectivity index (χ0n) is 9.84. The van der Waals surface area contributed by atoms with Crippen LogP contribution in [0.1, 0.15) is 37.3 Å². The fourth-order valence-electron chi connectivity index (χ4n) is 1.75. The van der Waals surface area contributed by atoms with Crippen LogP contribution in [-0.4, -0.2) is 9.78 Å². The van der Waals surface area contributed by atoms with Gasteiger partial charge in [0, 0.05) is 24.8 Å². The van der Waals surface area contributed by atoms with Gasteiger partial charge >= 0.3 is 0 Å². The van der Waals surface area contributed by atoms with Crippen LogP contribution in [0.5, 0.6) is 0 Å². The van der Waals surface area contributed by atoms with Gasteiger partial charge in [0.05, 0.1) is 18.5 Å². The second kappa shape index (κ2) is 4.53. The second-order valence-electron chi connectivity index (χ2n) is 4.07. The summed E-state index contributed by atoms with van der Waals surface area (Å²) < 4.78 is 7.16. The summed E-state index contributed by atoms with van der Waals surface area (Å²) in [5, 5.41) is 7.63. The molecule has 1 unspecified atom stereocenters. The molecule has 16 heavy (non-hydrogen) atoms. The third-order valence-electron chi connectivity index (χ3n) is 2.69. The molecule has 0 bridgehead atoms. The van der Waals surface area contributed by atoms with E-state index < -0.39 is 0 Å². The molecule has 2 rings (SSSR count). The Hall–Kier alpha value is -1.55. The fraction of sp³-hybridized carbons (Fsp3) is 0.417. The molecule has 2 aromatic rings. The quantitative estimate of drug-likeness (QED) is 0.858. The van der Waals surface area contributed by atoms with E-state index in [2.05, 4.69) is 24.3 Å². The highest BCUT2D eigenvalue weighted by atomic mass is 16.3. The van der Waals surface area contributed by atoms with Crippen molar-refractivity contribution in [2.24, 2.45) is 7.05 Å². The van der Waals surface area contributed by atoms with Crippen molar-refractivity contribution in [1.29, 1.82) is 0 Å². The van der Waals surface area contributed by atoms with Crippen molar-refractivity contribution in [3.8, 4) is 0 Å². The molecule has 0 fully saturated rings. The molecule has 0 aliphatic carbocycles. The van der Waals surface area contributed by atoms with Gasteiger partial charge in [0.15, 0.2) is 0 Å². The SMILES string of the molecule is CC(N[C@@H](C)c1ccco1)c1cnn(C)c1. The van der Waals surface area contributed by atoms with Crippen LogP contribution in [0.3, 0.4) is 0 Å². The van der Waals surface area contributed by atoms with E-state index in [1.807, 2.05) is 36.3 Å². The minimum Gasteiger partial charge on any atom is -0.468 e. The molecule has 1 N–H and O–H groups in total. The van der Waals surface area contributed by atoms with Gasteiger partial charge in [-0.2, -0.15) is 5.10 Å². The van der Waals surface area contributed by atoms with Crippen LogP contribution in [0.15, 0.2) is 35.2 Å². The third-order valence-corrected chi connectivity index (χ3v) is 2.69. The molecule has 0 spiro atoms.